The lowest BCUT2D eigenvalue weighted by Crippen LogP contribution is -2.19. The van der Waals surface area contributed by atoms with Crippen LogP contribution in [0.1, 0.15) is 23.7 Å². The van der Waals surface area contributed by atoms with Crippen molar-refractivity contribution in [1.82, 2.24) is 15.0 Å². The van der Waals surface area contributed by atoms with Crippen LogP contribution >= 0.6 is 0 Å². The van der Waals surface area contributed by atoms with E-state index in [4.69, 9.17) is 0 Å². The summed E-state index contributed by atoms with van der Waals surface area (Å²) < 4.78 is 54.3. The molecule has 0 saturated carbocycles. The summed E-state index contributed by atoms with van der Waals surface area (Å²) >= 11 is 0. The van der Waals surface area contributed by atoms with Crippen LogP contribution in [-0.2, 0) is 10.0 Å². The summed E-state index contributed by atoms with van der Waals surface area (Å²) in [5, 5.41) is 2.11. The molecule has 0 atom stereocenters. The lowest BCUT2D eigenvalue weighted by Gasteiger charge is -2.13. The van der Waals surface area contributed by atoms with Gasteiger partial charge in [-0.2, -0.15) is 0 Å². The molecule has 3 N–H and O–H groups in total. The first-order valence-electron chi connectivity index (χ1n) is 7.89. The molecule has 1 aromatic carbocycles. The van der Waals surface area contributed by atoms with Gasteiger partial charge in [0.15, 0.2) is 11.5 Å². The van der Waals surface area contributed by atoms with Crippen molar-refractivity contribution in [2.45, 2.75) is 13.3 Å². The Hall–Kier alpha value is -3.08. The third-order valence-electron chi connectivity index (χ3n) is 3.60. The number of aromatic amines is 1. The van der Waals surface area contributed by atoms with Crippen molar-refractivity contribution in [3.05, 3.63) is 47.9 Å². The molecule has 0 spiro atoms. The maximum atomic E-state index is 14.6. The van der Waals surface area contributed by atoms with Gasteiger partial charge in [-0.25, -0.2) is 27.2 Å². The number of carbonyl (C=O) groups excluding carboxylic acids is 1. The number of hydrogen-bond acceptors (Lipinski definition) is 5. The Kier molecular flexibility index (Phi) is 5.04. The summed E-state index contributed by atoms with van der Waals surface area (Å²) in [7, 11) is -3.78. The molecule has 0 unspecified atom stereocenters. The summed E-state index contributed by atoms with van der Waals surface area (Å²) in [6.07, 6.45) is 2.94. The Balaban J connectivity index is 1.89. The highest BCUT2D eigenvalue weighted by Crippen LogP contribution is 2.27. The average Bonchev–Trinajstić information content (AvgIpc) is 3.08. The zero-order valence-corrected chi connectivity index (χ0v) is 14.9. The number of nitrogens with zero attached hydrogens (tertiary/aromatic N) is 2. The molecule has 0 bridgehead atoms. The third-order valence-corrected chi connectivity index (χ3v) is 5.08. The molecule has 0 aliphatic heterocycles. The third kappa shape index (κ3) is 4.03. The highest BCUT2D eigenvalue weighted by atomic mass is 32.2. The highest BCUT2D eigenvalue weighted by molar-refractivity contribution is 7.92. The summed E-state index contributed by atoms with van der Waals surface area (Å²) in [4.78, 5) is 23.0. The smallest absolute Gasteiger partial charge is 0.257 e. The van der Waals surface area contributed by atoms with Crippen molar-refractivity contribution >= 4 is 38.5 Å². The number of benzene rings is 1. The van der Waals surface area contributed by atoms with Gasteiger partial charge < -0.3 is 10.3 Å². The molecule has 2 heterocycles. The maximum Gasteiger partial charge on any atom is 0.257 e. The minimum atomic E-state index is -3.78. The molecule has 8 nitrogen and oxygen atoms in total. The number of anilines is 2. The number of pyridine rings is 1. The highest BCUT2D eigenvalue weighted by Gasteiger charge is 2.20. The van der Waals surface area contributed by atoms with Gasteiger partial charge in [0.25, 0.3) is 5.91 Å². The summed E-state index contributed by atoms with van der Waals surface area (Å²) in [6.45, 7) is 1.65. The molecular weight excluding hydrogens is 380 g/mol. The molecule has 11 heteroatoms. The van der Waals surface area contributed by atoms with E-state index in [1.165, 1.54) is 18.6 Å². The molecule has 0 radical (unpaired) electrons. The quantitative estimate of drug-likeness (QED) is 0.593. The number of hydrogen-bond donors (Lipinski definition) is 3. The molecule has 3 aromatic rings. The van der Waals surface area contributed by atoms with Gasteiger partial charge in [0.05, 0.1) is 23.3 Å². The van der Waals surface area contributed by atoms with Crippen molar-refractivity contribution in [3.63, 3.8) is 0 Å². The van der Waals surface area contributed by atoms with Gasteiger partial charge in [-0.3, -0.25) is 9.52 Å². The zero-order valence-electron chi connectivity index (χ0n) is 14.1. The minimum absolute atomic E-state index is 0.0327. The predicted molar refractivity (Wildman–Crippen MR) is 95.9 cm³/mol. The topological polar surface area (TPSA) is 117 Å². The van der Waals surface area contributed by atoms with E-state index in [0.29, 0.717) is 17.6 Å². The molecule has 1 amide bonds. The minimum Gasteiger partial charge on any atom is -0.329 e. The number of carbonyl (C=O) groups is 1. The molecule has 27 heavy (non-hydrogen) atoms. The SMILES string of the molecule is CCCS(=O)(=O)Nc1ccc(F)c(NC(=O)c2cnc3[nH]cnc3c2)c1F. The number of H-pyrrole nitrogens is 1. The van der Waals surface area contributed by atoms with E-state index in [0.717, 1.165) is 12.1 Å². The lowest BCUT2D eigenvalue weighted by atomic mass is 10.2. The van der Waals surface area contributed by atoms with Crippen LogP contribution in [0.2, 0.25) is 0 Å². The van der Waals surface area contributed by atoms with E-state index in [9.17, 15) is 22.0 Å². The number of nitrogens with one attached hydrogen (secondary N) is 3. The van der Waals surface area contributed by atoms with E-state index >= 15 is 0 Å². The van der Waals surface area contributed by atoms with Crippen LogP contribution < -0.4 is 10.0 Å². The molecular formula is C16H15F2N5O3S. The second-order valence-corrected chi connectivity index (χ2v) is 7.50. The van der Waals surface area contributed by atoms with Crippen molar-refractivity contribution in [2.75, 3.05) is 15.8 Å². The van der Waals surface area contributed by atoms with Gasteiger partial charge in [-0.1, -0.05) is 6.92 Å². The van der Waals surface area contributed by atoms with Gasteiger partial charge in [0.2, 0.25) is 10.0 Å². The Labute approximate surface area is 153 Å². The van der Waals surface area contributed by atoms with Crippen LogP contribution in [0.3, 0.4) is 0 Å². The van der Waals surface area contributed by atoms with E-state index in [-0.39, 0.29) is 11.3 Å². The van der Waals surface area contributed by atoms with Crippen molar-refractivity contribution < 1.29 is 22.0 Å². The normalized spacial score (nSPS) is 11.5. The molecule has 0 fully saturated rings. The van der Waals surface area contributed by atoms with E-state index in [1.54, 1.807) is 6.92 Å². The molecule has 0 aliphatic rings. The van der Waals surface area contributed by atoms with Gasteiger partial charge in [0.1, 0.15) is 17.0 Å². The van der Waals surface area contributed by atoms with Gasteiger partial charge in [0, 0.05) is 6.20 Å². The Bertz CT molecular complexity index is 1110. The lowest BCUT2D eigenvalue weighted by molar-refractivity contribution is 0.102. The van der Waals surface area contributed by atoms with Crippen LogP contribution in [0.25, 0.3) is 11.2 Å². The van der Waals surface area contributed by atoms with Gasteiger partial charge in [-0.15, -0.1) is 0 Å². The number of fused-ring (bicyclic) bond motifs is 1. The van der Waals surface area contributed by atoms with Crippen LogP contribution in [0, 0.1) is 11.6 Å². The fourth-order valence-electron chi connectivity index (χ4n) is 2.37. The zero-order chi connectivity index (χ0) is 19.6. The van der Waals surface area contributed by atoms with Gasteiger partial charge >= 0.3 is 0 Å². The average molecular weight is 395 g/mol. The first-order chi connectivity index (χ1) is 12.8. The number of aromatic nitrogens is 3. The molecule has 0 saturated heterocycles. The second-order valence-electron chi connectivity index (χ2n) is 5.65. The number of amides is 1. The maximum absolute atomic E-state index is 14.6. The Morgan fingerprint density at radius 3 is 2.78 bits per heavy atom. The van der Waals surface area contributed by atoms with E-state index in [1.807, 2.05) is 4.72 Å². The monoisotopic (exact) mass is 395 g/mol. The van der Waals surface area contributed by atoms with E-state index in [2.05, 4.69) is 20.3 Å². The van der Waals surface area contributed by atoms with Crippen molar-refractivity contribution in [3.8, 4) is 0 Å². The molecule has 142 valence electrons. The predicted octanol–water partition coefficient (Wildman–Crippen LogP) is 2.64. The number of imidazole rings is 1. The van der Waals surface area contributed by atoms with Crippen molar-refractivity contribution in [1.29, 1.82) is 0 Å². The van der Waals surface area contributed by atoms with Crippen LogP contribution in [-0.4, -0.2) is 35.0 Å². The molecule has 0 aliphatic carbocycles. The Morgan fingerprint density at radius 1 is 1.26 bits per heavy atom. The largest absolute Gasteiger partial charge is 0.329 e. The number of sulfonamides is 1. The van der Waals surface area contributed by atoms with Gasteiger partial charge in [-0.05, 0) is 24.6 Å². The van der Waals surface area contributed by atoms with E-state index < -0.39 is 38.9 Å². The van der Waals surface area contributed by atoms with Crippen LogP contribution in [0.5, 0.6) is 0 Å². The first kappa shape index (κ1) is 18.7. The summed E-state index contributed by atoms with van der Waals surface area (Å²) in [5.74, 6) is -3.32. The second kappa shape index (κ2) is 7.27. The van der Waals surface area contributed by atoms with Crippen LogP contribution in [0.15, 0.2) is 30.7 Å². The number of halogens is 2. The number of rotatable bonds is 6. The fraction of sp³-hybridized carbons (Fsp3) is 0.188. The summed E-state index contributed by atoms with van der Waals surface area (Å²) in [6, 6.07) is 3.21. The molecule has 3 rings (SSSR count). The van der Waals surface area contributed by atoms with Crippen LogP contribution in [0.4, 0.5) is 20.2 Å². The standard InChI is InChI=1S/C16H15F2N5O3S/c1-2-5-27(25,26)23-11-4-3-10(17)14(13(11)18)22-16(24)9-6-12-15(19-7-9)21-8-20-12/h3-4,6-8,23H,2,5H2,1H3,(H,22,24)(H,19,20,21). The van der Waals surface area contributed by atoms with Crippen molar-refractivity contribution in [2.24, 2.45) is 0 Å². The summed E-state index contributed by atoms with van der Waals surface area (Å²) in [5.41, 5.74) is -0.328. The first-order valence-corrected chi connectivity index (χ1v) is 9.55. The molecule has 2 aromatic heterocycles. The Morgan fingerprint density at radius 2 is 2.04 bits per heavy atom. The fourth-order valence-corrected chi connectivity index (χ4v) is 3.50.